The molecule has 0 aromatic carbocycles. The van der Waals surface area contributed by atoms with E-state index in [1.165, 1.54) is 0 Å². The Labute approximate surface area is 116 Å². The molecule has 0 unspecified atom stereocenters. The molecule has 0 atom stereocenters. The number of hydrogen-bond donors (Lipinski definition) is 0. The third-order valence-corrected chi connectivity index (χ3v) is 3.04. The standard InChI is InChI=1S/C13H18BrN3O/c1-13(2,3)5-7-18-9-17-6-4-10-12(17)15-8-11(14)16-10/h4,6,8H,5,7,9H2,1-3H3. The SMILES string of the molecule is CC(C)(C)CCOCn1ccc2nc(Br)cnc21. The van der Waals surface area contributed by atoms with Crippen molar-refractivity contribution in [1.82, 2.24) is 14.5 Å². The summed E-state index contributed by atoms with van der Waals surface area (Å²) >= 11 is 3.31. The Bertz CT molecular complexity index is 531. The number of aromatic nitrogens is 3. The van der Waals surface area contributed by atoms with E-state index in [-0.39, 0.29) is 0 Å². The van der Waals surface area contributed by atoms with E-state index in [9.17, 15) is 0 Å². The van der Waals surface area contributed by atoms with Crippen LogP contribution in [0.3, 0.4) is 0 Å². The number of rotatable bonds is 4. The molecule has 0 amide bonds. The summed E-state index contributed by atoms with van der Waals surface area (Å²) in [4.78, 5) is 8.68. The van der Waals surface area contributed by atoms with Gasteiger partial charge in [0.25, 0.3) is 0 Å². The highest BCUT2D eigenvalue weighted by atomic mass is 79.9. The Kier molecular flexibility index (Phi) is 4.02. The van der Waals surface area contributed by atoms with Crippen LogP contribution in [0, 0.1) is 5.41 Å². The lowest BCUT2D eigenvalue weighted by molar-refractivity contribution is 0.0610. The molecule has 18 heavy (non-hydrogen) atoms. The predicted octanol–water partition coefficient (Wildman–Crippen LogP) is 3.60. The van der Waals surface area contributed by atoms with Gasteiger partial charge in [-0.1, -0.05) is 20.8 Å². The fourth-order valence-electron chi connectivity index (χ4n) is 1.58. The van der Waals surface area contributed by atoms with E-state index in [4.69, 9.17) is 4.74 Å². The normalized spacial score (nSPS) is 12.2. The second-order valence-corrected chi connectivity index (χ2v) is 6.35. The van der Waals surface area contributed by atoms with Gasteiger partial charge in [0.15, 0.2) is 5.65 Å². The maximum Gasteiger partial charge on any atom is 0.160 e. The number of hydrogen-bond acceptors (Lipinski definition) is 3. The van der Waals surface area contributed by atoms with Gasteiger partial charge in [0, 0.05) is 12.8 Å². The van der Waals surface area contributed by atoms with E-state index >= 15 is 0 Å². The molecule has 0 saturated carbocycles. The second kappa shape index (κ2) is 5.36. The number of halogens is 1. The van der Waals surface area contributed by atoms with Gasteiger partial charge in [-0.15, -0.1) is 0 Å². The molecule has 0 saturated heterocycles. The van der Waals surface area contributed by atoms with Crippen LogP contribution in [-0.2, 0) is 11.5 Å². The molecular weight excluding hydrogens is 294 g/mol. The van der Waals surface area contributed by atoms with Crippen molar-refractivity contribution in [3.8, 4) is 0 Å². The monoisotopic (exact) mass is 311 g/mol. The minimum Gasteiger partial charge on any atom is -0.361 e. The Morgan fingerprint density at radius 2 is 2.17 bits per heavy atom. The number of fused-ring (bicyclic) bond motifs is 1. The van der Waals surface area contributed by atoms with E-state index in [2.05, 4.69) is 46.7 Å². The van der Waals surface area contributed by atoms with Crippen LogP contribution < -0.4 is 0 Å². The highest BCUT2D eigenvalue weighted by Gasteiger charge is 2.10. The molecule has 98 valence electrons. The predicted molar refractivity (Wildman–Crippen MR) is 75.3 cm³/mol. The molecule has 0 aliphatic heterocycles. The van der Waals surface area contributed by atoms with Crippen LogP contribution in [0.5, 0.6) is 0 Å². The molecule has 0 aliphatic carbocycles. The molecule has 2 aromatic heterocycles. The van der Waals surface area contributed by atoms with E-state index in [0.29, 0.717) is 12.1 Å². The largest absolute Gasteiger partial charge is 0.361 e. The summed E-state index contributed by atoms with van der Waals surface area (Å²) in [6.45, 7) is 7.92. The Hall–Kier alpha value is -0.940. The first-order chi connectivity index (χ1) is 8.46. The van der Waals surface area contributed by atoms with Gasteiger partial charge in [-0.05, 0) is 33.8 Å². The fraction of sp³-hybridized carbons (Fsp3) is 0.538. The molecule has 2 heterocycles. The molecule has 0 bridgehead atoms. The van der Waals surface area contributed by atoms with Crippen LogP contribution in [0.4, 0.5) is 0 Å². The molecule has 0 N–H and O–H groups in total. The molecule has 5 heteroatoms. The van der Waals surface area contributed by atoms with Crippen LogP contribution in [0.15, 0.2) is 23.1 Å². The van der Waals surface area contributed by atoms with Gasteiger partial charge in [0.1, 0.15) is 16.9 Å². The Balaban J connectivity index is 1.96. The summed E-state index contributed by atoms with van der Waals surface area (Å²) in [5, 5.41) is 0. The fourth-order valence-corrected chi connectivity index (χ4v) is 1.88. The zero-order valence-electron chi connectivity index (χ0n) is 11.0. The number of nitrogens with zero attached hydrogens (tertiary/aromatic N) is 3. The van der Waals surface area contributed by atoms with Gasteiger partial charge in [-0.2, -0.15) is 0 Å². The molecule has 2 aromatic rings. The lowest BCUT2D eigenvalue weighted by Crippen LogP contribution is -2.11. The van der Waals surface area contributed by atoms with Crippen LogP contribution in [0.25, 0.3) is 11.2 Å². The third-order valence-electron chi connectivity index (χ3n) is 2.66. The van der Waals surface area contributed by atoms with E-state index < -0.39 is 0 Å². The van der Waals surface area contributed by atoms with Crippen molar-refractivity contribution in [2.45, 2.75) is 33.9 Å². The minimum atomic E-state index is 0.309. The molecule has 4 nitrogen and oxygen atoms in total. The van der Waals surface area contributed by atoms with Crippen molar-refractivity contribution >= 4 is 27.1 Å². The molecule has 0 aliphatic rings. The maximum absolute atomic E-state index is 5.68. The highest BCUT2D eigenvalue weighted by molar-refractivity contribution is 9.10. The molecule has 0 fully saturated rings. The van der Waals surface area contributed by atoms with Gasteiger partial charge in [0.2, 0.25) is 0 Å². The van der Waals surface area contributed by atoms with Gasteiger partial charge >= 0.3 is 0 Å². The summed E-state index contributed by atoms with van der Waals surface area (Å²) in [6, 6.07) is 1.94. The quantitative estimate of drug-likeness (QED) is 0.810. The topological polar surface area (TPSA) is 39.9 Å². The van der Waals surface area contributed by atoms with Crippen molar-refractivity contribution in [1.29, 1.82) is 0 Å². The van der Waals surface area contributed by atoms with Crippen molar-refractivity contribution in [2.24, 2.45) is 5.41 Å². The maximum atomic E-state index is 5.68. The van der Waals surface area contributed by atoms with E-state index in [1.807, 2.05) is 16.8 Å². The van der Waals surface area contributed by atoms with E-state index in [0.717, 1.165) is 28.8 Å². The van der Waals surface area contributed by atoms with Gasteiger partial charge in [-0.25, -0.2) is 9.97 Å². The smallest absolute Gasteiger partial charge is 0.160 e. The van der Waals surface area contributed by atoms with Crippen molar-refractivity contribution < 1.29 is 4.74 Å². The Morgan fingerprint density at radius 3 is 2.89 bits per heavy atom. The van der Waals surface area contributed by atoms with Crippen LogP contribution in [0.1, 0.15) is 27.2 Å². The Morgan fingerprint density at radius 1 is 1.39 bits per heavy atom. The third kappa shape index (κ3) is 3.53. The van der Waals surface area contributed by atoms with Crippen LogP contribution >= 0.6 is 15.9 Å². The summed E-state index contributed by atoms with van der Waals surface area (Å²) < 4.78 is 8.40. The lowest BCUT2D eigenvalue weighted by Gasteiger charge is -2.17. The van der Waals surface area contributed by atoms with Gasteiger partial charge in [0.05, 0.1) is 6.20 Å². The summed E-state index contributed by atoms with van der Waals surface area (Å²) in [5.41, 5.74) is 2.04. The van der Waals surface area contributed by atoms with Crippen molar-refractivity contribution in [3.05, 3.63) is 23.1 Å². The summed E-state index contributed by atoms with van der Waals surface area (Å²) in [6.07, 6.45) is 4.70. The van der Waals surface area contributed by atoms with Crippen LogP contribution in [0.2, 0.25) is 0 Å². The highest BCUT2D eigenvalue weighted by Crippen LogP contribution is 2.18. The average molecular weight is 312 g/mol. The first kappa shape index (κ1) is 13.5. The van der Waals surface area contributed by atoms with Crippen molar-refractivity contribution in [3.63, 3.8) is 0 Å². The molecule has 0 spiro atoms. The van der Waals surface area contributed by atoms with Crippen LogP contribution in [-0.4, -0.2) is 21.1 Å². The molecule has 0 radical (unpaired) electrons. The molecule has 2 rings (SSSR count). The average Bonchev–Trinajstić information content (AvgIpc) is 2.65. The summed E-state index contributed by atoms with van der Waals surface area (Å²) in [5.74, 6) is 0. The van der Waals surface area contributed by atoms with Crippen molar-refractivity contribution in [2.75, 3.05) is 6.61 Å². The van der Waals surface area contributed by atoms with E-state index in [1.54, 1.807) is 6.20 Å². The first-order valence-electron chi connectivity index (χ1n) is 6.01. The summed E-state index contributed by atoms with van der Waals surface area (Å²) in [7, 11) is 0. The molecular formula is C13H18BrN3O. The lowest BCUT2D eigenvalue weighted by atomic mass is 9.93. The second-order valence-electron chi connectivity index (χ2n) is 5.54. The van der Waals surface area contributed by atoms with Gasteiger partial charge < -0.3 is 9.30 Å². The zero-order valence-corrected chi connectivity index (χ0v) is 12.6. The van der Waals surface area contributed by atoms with Gasteiger partial charge in [-0.3, -0.25) is 0 Å². The zero-order chi connectivity index (χ0) is 13.2. The minimum absolute atomic E-state index is 0.309. The number of ether oxygens (including phenoxy) is 1. The first-order valence-corrected chi connectivity index (χ1v) is 6.80.